The molecule has 1 heterocycles. The highest BCUT2D eigenvalue weighted by Gasteiger charge is 2.62. The molecule has 1 aromatic carbocycles. The van der Waals surface area contributed by atoms with Crippen LogP contribution < -0.4 is 14.8 Å². The van der Waals surface area contributed by atoms with Crippen LogP contribution in [0.5, 0.6) is 11.5 Å². The molecule has 22 heavy (non-hydrogen) atoms. The van der Waals surface area contributed by atoms with Crippen molar-refractivity contribution in [1.29, 1.82) is 0 Å². The SMILES string of the molecule is CC[C@@]12c3c4ccc(OC)c3O[C@@H]1C(=O)CCC2C(NC)C4. The van der Waals surface area contributed by atoms with Gasteiger partial charge >= 0.3 is 0 Å². The molecule has 0 bridgehead atoms. The van der Waals surface area contributed by atoms with Crippen LogP contribution in [0, 0.1) is 5.92 Å². The Morgan fingerprint density at radius 1 is 1.45 bits per heavy atom. The molecule has 4 rings (SSSR count). The molecule has 0 aromatic heterocycles. The van der Waals surface area contributed by atoms with Crippen LogP contribution in [0.15, 0.2) is 12.1 Å². The van der Waals surface area contributed by atoms with Gasteiger partial charge in [0.1, 0.15) is 0 Å². The number of carbonyl (C=O) groups excluding carboxylic acids is 1. The van der Waals surface area contributed by atoms with Gasteiger partial charge in [0.15, 0.2) is 23.4 Å². The Morgan fingerprint density at radius 3 is 2.95 bits per heavy atom. The van der Waals surface area contributed by atoms with E-state index in [1.807, 2.05) is 13.1 Å². The second kappa shape index (κ2) is 4.72. The van der Waals surface area contributed by atoms with Crippen LogP contribution in [-0.2, 0) is 16.6 Å². The summed E-state index contributed by atoms with van der Waals surface area (Å²) in [5, 5.41) is 3.49. The zero-order valence-electron chi connectivity index (χ0n) is 13.4. The standard InChI is InChI=1S/C18H23NO3/c1-4-18-11-6-7-13(20)17(18)22-16-14(21-3)8-5-10(15(16)18)9-12(11)19-2/h5,8,11-12,17,19H,4,6-7,9H2,1-3H3/t11?,12?,17-,18-/m1/s1. The first-order chi connectivity index (χ1) is 10.7. The van der Waals surface area contributed by atoms with Gasteiger partial charge in [0.25, 0.3) is 0 Å². The van der Waals surface area contributed by atoms with E-state index in [4.69, 9.17) is 9.47 Å². The van der Waals surface area contributed by atoms with Gasteiger partial charge in [-0.3, -0.25) is 4.79 Å². The van der Waals surface area contributed by atoms with Gasteiger partial charge in [0, 0.05) is 23.4 Å². The Balaban J connectivity index is 2.00. The molecule has 1 saturated carbocycles. The molecule has 1 aromatic rings. The van der Waals surface area contributed by atoms with Gasteiger partial charge in [-0.1, -0.05) is 13.0 Å². The smallest absolute Gasteiger partial charge is 0.174 e. The lowest BCUT2D eigenvalue weighted by Crippen LogP contribution is -2.60. The van der Waals surface area contributed by atoms with Crippen LogP contribution in [0.2, 0.25) is 0 Å². The third-order valence-electron chi connectivity index (χ3n) is 6.13. The van der Waals surface area contributed by atoms with E-state index >= 15 is 0 Å². The number of benzene rings is 1. The average Bonchev–Trinajstić information content (AvgIpc) is 2.92. The molecular weight excluding hydrogens is 278 g/mol. The van der Waals surface area contributed by atoms with Gasteiger partial charge in [0.2, 0.25) is 0 Å². The minimum absolute atomic E-state index is 0.180. The van der Waals surface area contributed by atoms with Gasteiger partial charge < -0.3 is 14.8 Å². The van der Waals surface area contributed by atoms with Gasteiger partial charge in [-0.15, -0.1) is 0 Å². The summed E-state index contributed by atoms with van der Waals surface area (Å²) >= 11 is 0. The molecule has 0 radical (unpaired) electrons. The van der Waals surface area contributed by atoms with E-state index in [1.165, 1.54) is 11.1 Å². The van der Waals surface area contributed by atoms with E-state index in [9.17, 15) is 4.79 Å². The number of hydrogen-bond donors (Lipinski definition) is 1. The highest BCUT2D eigenvalue weighted by Crippen LogP contribution is 2.60. The van der Waals surface area contributed by atoms with Crippen molar-refractivity contribution in [1.82, 2.24) is 5.32 Å². The predicted molar refractivity (Wildman–Crippen MR) is 83.7 cm³/mol. The summed E-state index contributed by atoms with van der Waals surface area (Å²) in [7, 11) is 3.70. The Bertz CT molecular complexity index is 641. The van der Waals surface area contributed by atoms with E-state index in [0.29, 0.717) is 18.4 Å². The van der Waals surface area contributed by atoms with Crippen molar-refractivity contribution < 1.29 is 14.3 Å². The monoisotopic (exact) mass is 301 g/mol. The maximum absolute atomic E-state index is 12.6. The summed E-state index contributed by atoms with van der Waals surface area (Å²) in [6.45, 7) is 2.19. The Kier molecular flexibility index (Phi) is 3.02. The predicted octanol–water partition coefficient (Wildman–Crippen LogP) is 2.23. The van der Waals surface area contributed by atoms with Crippen molar-refractivity contribution in [2.45, 2.75) is 50.2 Å². The minimum atomic E-state index is -0.336. The summed E-state index contributed by atoms with van der Waals surface area (Å²) in [4.78, 5) is 12.6. The zero-order chi connectivity index (χ0) is 15.5. The molecule has 0 spiro atoms. The van der Waals surface area contributed by atoms with Crippen molar-refractivity contribution in [2.24, 2.45) is 5.92 Å². The molecule has 4 nitrogen and oxygen atoms in total. The largest absolute Gasteiger partial charge is 0.493 e. The molecular formula is C18H23NO3. The van der Waals surface area contributed by atoms with Crippen molar-refractivity contribution in [3.8, 4) is 11.5 Å². The fourth-order valence-electron chi connectivity index (χ4n) is 5.20. The number of ketones is 1. The lowest BCUT2D eigenvalue weighted by molar-refractivity contribution is -0.134. The van der Waals surface area contributed by atoms with E-state index in [-0.39, 0.29) is 17.3 Å². The minimum Gasteiger partial charge on any atom is -0.493 e. The highest BCUT2D eigenvalue weighted by molar-refractivity contribution is 5.89. The number of hydrogen-bond acceptors (Lipinski definition) is 4. The van der Waals surface area contributed by atoms with Crippen molar-refractivity contribution in [2.75, 3.05) is 14.2 Å². The first-order valence-electron chi connectivity index (χ1n) is 8.24. The van der Waals surface area contributed by atoms with Crippen LogP contribution in [0.1, 0.15) is 37.3 Å². The molecule has 118 valence electrons. The van der Waals surface area contributed by atoms with Gasteiger partial charge in [-0.05, 0) is 43.9 Å². The topological polar surface area (TPSA) is 47.6 Å². The van der Waals surface area contributed by atoms with E-state index < -0.39 is 0 Å². The normalized spacial score (nSPS) is 35.0. The van der Waals surface area contributed by atoms with E-state index in [2.05, 4.69) is 18.3 Å². The van der Waals surface area contributed by atoms with Crippen molar-refractivity contribution in [3.63, 3.8) is 0 Å². The number of likely N-dealkylation sites (N-methyl/N-ethyl adjacent to an activating group) is 1. The number of nitrogens with one attached hydrogen (secondary N) is 1. The van der Waals surface area contributed by atoms with Crippen LogP contribution in [-0.4, -0.2) is 32.1 Å². The summed E-state index contributed by atoms with van der Waals surface area (Å²) in [6, 6.07) is 4.54. The molecule has 0 amide bonds. The maximum atomic E-state index is 12.6. The number of carbonyl (C=O) groups is 1. The van der Waals surface area contributed by atoms with E-state index in [1.54, 1.807) is 7.11 Å². The number of methoxy groups -OCH3 is 1. The fourth-order valence-corrected chi connectivity index (χ4v) is 5.20. The molecule has 4 heteroatoms. The second-order valence-corrected chi connectivity index (χ2v) is 6.73. The lowest BCUT2D eigenvalue weighted by atomic mass is 9.54. The number of rotatable bonds is 3. The summed E-state index contributed by atoms with van der Waals surface area (Å²) in [5.41, 5.74) is 2.38. The Hall–Kier alpha value is -1.55. The van der Waals surface area contributed by atoms with Gasteiger partial charge in [0.05, 0.1) is 7.11 Å². The summed E-state index contributed by atoms with van der Waals surface area (Å²) < 4.78 is 11.7. The van der Waals surface area contributed by atoms with Crippen LogP contribution >= 0.6 is 0 Å². The number of Topliss-reactive ketones (excluding diaryl/α,β-unsaturated/α-hetero) is 1. The average molecular weight is 301 g/mol. The lowest BCUT2D eigenvalue weighted by Gasteiger charge is -2.50. The molecule has 4 atom stereocenters. The zero-order valence-corrected chi connectivity index (χ0v) is 13.4. The quantitative estimate of drug-likeness (QED) is 0.930. The summed E-state index contributed by atoms with van der Waals surface area (Å²) in [5.74, 6) is 2.28. The van der Waals surface area contributed by atoms with Crippen LogP contribution in [0.4, 0.5) is 0 Å². The highest BCUT2D eigenvalue weighted by atomic mass is 16.5. The fraction of sp³-hybridized carbons (Fsp3) is 0.611. The van der Waals surface area contributed by atoms with Crippen LogP contribution in [0.3, 0.4) is 0 Å². The van der Waals surface area contributed by atoms with Gasteiger partial charge in [-0.2, -0.15) is 0 Å². The molecule has 3 aliphatic rings. The van der Waals surface area contributed by atoms with E-state index in [0.717, 1.165) is 30.8 Å². The van der Waals surface area contributed by atoms with Crippen molar-refractivity contribution in [3.05, 3.63) is 23.3 Å². The first kappa shape index (κ1) is 14.1. The Morgan fingerprint density at radius 2 is 2.27 bits per heavy atom. The molecule has 1 N–H and O–H groups in total. The third kappa shape index (κ3) is 1.49. The van der Waals surface area contributed by atoms with Crippen LogP contribution in [0.25, 0.3) is 0 Å². The summed E-state index contributed by atoms with van der Waals surface area (Å²) in [6.07, 6.45) is 3.17. The van der Waals surface area contributed by atoms with Crippen molar-refractivity contribution >= 4 is 5.78 Å². The molecule has 1 fully saturated rings. The molecule has 1 aliphatic heterocycles. The molecule has 0 saturated heterocycles. The maximum Gasteiger partial charge on any atom is 0.174 e. The third-order valence-corrected chi connectivity index (χ3v) is 6.13. The Labute approximate surface area is 131 Å². The first-order valence-corrected chi connectivity index (χ1v) is 8.24. The second-order valence-electron chi connectivity index (χ2n) is 6.73. The number of ether oxygens (including phenoxy) is 2. The van der Waals surface area contributed by atoms with Gasteiger partial charge in [-0.25, -0.2) is 0 Å². The molecule has 2 aliphatic carbocycles. The molecule has 2 unspecified atom stereocenters.